The number of carbonyl (C=O) groups is 2. The second kappa shape index (κ2) is 8.78. The fourth-order valence-corrected chi connectivity index (χ4v) is 3.59. The molecule has 1 amide bonds. The molecule has 0 atom stereocenters. The van der Waals surface area contributed by atoms with Crippen molar-refractivity contribution in [1.29, 1.82) is 0 Å². The van der Waals surface area contributed by atoms with Crippen LogP contribution in [0.1, 0.15) is 19.4 Å². The van der Waals surface area contributed by atoms with Crippen molar-refractivity contribution >= 4 is 51.9 Å². The Kier molecular flexibility index (Phi) is 6.70. The Bertz CT molecular complexity index is 865. The predicted octanol–water partition coefficient (Wildman–Crippen LogP) is 3.31. The van der Waals surface area contributed by atoms with Crippen molar-refractivity contribution in [2.24, 2.45) is 0 Å². The molecule has 8 nitrogen and oxygen atoms in total. The third-order valence-electron chi connectivity index (χ3n) is 3.32. The van der Waals surface area contributed by atoms with Gasteiger partial charge in [0.1, 0.15) is 4.32 Å². The van der Waals surface area contributed by atoms with Gasteiger partial charge in [0, 0.05) is 13.5 Å². The third kappa shape index (κ3) is 4.52. The number of thioether (sulfide) groups is 1. The summed E-state index contributed by atoms with van der Waals surface area (Å²) in [5, 5.41) is 11.7. The standard InChI is InChI=1S/C17H16N2O6S2/c1-4-8-18-16(21)13(27-17(18)26)9-11-6-7-12(25-10(3)20)15(24-5-2)14(11)19(22)23/h4,6-7,9H,1,5,8H2,2-3H3/b13-9+. The average Bonchev–Trinajstić information content (AvgIpc) is 2.84. The number of nitrogens with zero attached hydrogens (tertiary/aromatic N) is 2. The zero-order chi connectivity index (χ0) is 20.1. The van der Waals surface area contributed by atoms with Gasteiger partial charge in [0.2, 0.25) is 5.75 Å². The minimum absolute atomic E-state index is 0.0626. The zero-order valence-corrected chi connectivity index (χ0v) is 16.2. The van der Waals surface area contributed by atoms with E-state index in [-0.39, 0.29) is 41.0 Å². The molecule has 0 bridgehead atoms. The quantitative estimate of drug-likeness (QED) is 0.129. The van der Waals surface area contributed by atoms with Crippen molar-refractivity contribution in [3.05, 3.63) is 45.4 Å². The Balaban J connectivity index is 2.57. The van der Waals surface area contributed by atoms with Gasteiger partial charge in [-0.3, -0.25) is 24.6 Å². The molecular formula is C17H16N2O6S2. The summed E-state index contributed by atoms with van der Waals surface area (Å²) in [4.78, 5) is 36.3. The normalized spacial score (nSPS) is 15.2. The van der Waals surface area contributed by atoms with E-state index in [2.05, 4.69) is 6.58 Å². The van der Waals surface area contributed by atoms with Crippen molar-refractivity contribution in [2.75, 3.05) is 13.2 Å². The van der Waals surface area contributed by atoms with Crippen LogP contribution in [-0.4, -0.2) is 39.2 Å². The third-order valence-corrected chi connectivity index (χ3v) is 4.70. The number of esters is 1. The maximum Gasteiger partial charge on any atom is 0.322 e. The van der Waals surface area contributed by atoms with Gasteiger partial charge in [0.25, 0.3) is 5.91 Å². The molecule has 2 rings (SSSR count). The molecule has 0 spiro atoms. The Morgan fingerprint density at radius 2 is 2.19 bits per heavy atom. The molecule has 0 saturated carbocycles. The monoisotopic (exact) mass is 408 g/mol. The van der Waals surface area contributed by atoms with E-state index in [9.17, 15) is 19.7 Å². The lowest BCUT2D eigenvalue weighted by atomic mass is 10.1. The predicted molar refractivity (Wildman–Crippen MR) is 106 cm³/mol. The second-order valence-electron chi connectivity index (χ2n) is 5.20. The van der Waals surface area contributed by atoms with Crippen molar-refractivity contribution in [2.45, 2.75) is 13.8 Å². The van der Waals surface area contributed by atoms with Crippen LogP contribution in [-0.2, 0) is 9.59 Å². The number of rotatable bonds is 7. The number of ether oxygens (including phenoxy) is 2. The molecule has 1 aromatic carbocycles. The van der Waals surface area contributed by atoms with Crippen LogP contribution in [0.25, 0.3) is 6.08 Å². The van der Waals surface area contributed by atoms with Crippen LogP contribution in [0.2, 0.25) is 0 Å². The van der Waals surface area contributed by atoms with Crippen LogP contribution >= 0.6 is 24.0 Å². The summed E-state index contributed by atoms with van der Waals surface area (Å²) in [6, 6.07) is 2.77. The van der Waals surface area contributed by atoms with E-state index < -0.39 is 16.6 Å². The summed E-state index contributed by atoms with van der Waals surface area (Å²) < 4.78 is 10.7. The largest absolute Gasteiger partial charge is 0.485 e. The van der Waals surface area contributed by atoms with Crippen LogP contribution in [0.4, 0.5) is 5.69 Å². The smallest absolute Gasteiger partial charge is 0.322 e. The van der Waals surface area contributed by atoms with E-state index in [0.717, 1.165) is 11.8 Å². The molecule has 1 saturated heterocycles. The minimum Gasteiger partial charge on any atom is -0.485 e. The highest BCUT2D eigenvalue weighted by Gasteiger charge is 2.33. The number of thiocarbonyl (C=S) groups is 1. The fourth-order valence-electron chi connectivity index (χ4n) is 2.32. The van der Waals surface area contributed by atoms with Crippen LogP contribution in [0, 0.1) is 10.1 Å². The number of nitro groups is 1. The Morgan fingerprint density at radius 3 is 2.74 bits per heavy atom. The van der Waals surface area contributed by atoms with E-state index in [4.69, 9.17) is 21.7 Å². The summed E-state index contributed by atoms with van der Waals surface area (Å²) >= 11 is 6.20. The lowest BCUT2D eigenvalue weighted by molar-refractivity contribution is -0.386. The van der Waals surface area contributed by atoms with Crippen LogP contribution < -0.4 is 9.47 Å². The summed E-state index contributed by atoms with van der Waals surface area (Å²) in [6.07, 6.45) is 2.91. The van der Waals surface area contributed by atoms with Gasteiger partial charge >= 0.3 is 11.7 Å². The molecule has 1 aliphatic rings. The minimum atomic E-state index is -0.645. The molecule has 10 heteroatoms. The molecule has 1 fully saturated rings. The van der Waals surface area contributed by atoms with E-state index in [1.54, 1.807) is 6.92 Å². The first-order chi connectivity index (χ1) is 12.8. The van der Waals surface area contributed by atoms with Crippen LogP contribution in [0.5, 0.6) is 11.5 Å². The molecule has 0 aromatic heterocycles. The van der Waals surface area contributed by atoms with Gasteiger partial charge in [-0.15, -0.1) is 6.58 Å². The first-order valence-corrected chi connectivity index (χ1v) is 9.01. The lowest BCUT2D eigenvalue weighted by Gasteiger charge is -2.12. The Morgan fingerprint density at radius 1 is 1.48 bits per heavy atom. The second-order valence-corrected chi connectivity index (χ2v) is 6.87. The average molecular weight is 408 g/mol. The Hall–Kier alpha value is -2.72. The van der Waals surface area contributed by atoms with Crippen LogP contribution in [0.15, 0.2) is 29.7 Å². The zero-order valence-electron chi connectivity index (χ0n) is 14.6. The van der Waals surface area contributed by atoms with Crippen molar-refractivity contribution in [1.82, 2.24) is 4.90 Å². The first kappa shape index (κ1) is 20.6. The number of amides is 1. The maximum absolute atomic E-state index is 12.4. The Labute approximate surface area is 165 Å². The molecule has 0 radical (unpaired) electrons. The molecule has 0 N–H and O–H groups in total. The number of hydrogen-bond acceptors (Lipinski definition) is 8. The molecular weight excluding hydrogens is 392 g/mol. The molecule has 1 heterocycles. The van der Waals surface area contributed by atoms with Gasteiger partial charge in [0.05, 0.1) is 22.0 Å². The molecule has 1 aliphatic heterocycles. The molecule has 27 heavy (non-hydrogen) atoms. The maximum atomic E-state index is 12.4. The summed E-state index contributed by atoms with van der Waals surface area (Å²) in [6.45, 7) is 6.78. The summed E-state index contributed by atoms with van der Waals surface area (Å²) in [5.41, 5.74) is -0.261. The van der Waals surface area contributed by atoms with Crippen molar-refractivity contribution in [3.63, 3.8) is 0 Å². The van der Waals surface area contributed by atoms with Crippen molar-refractivity contribution in [3.8, 4) is 11.5 Å². The van der Waals surface area contributed by atoms with Gasteiger partial charge in [-0.05, 0) is 25.1 Å². The summed E-state index contributed by atoms with van der Waals surface area (Å²) in [5.74, 6) is -1.23. The number of hydrogen-bond donors (Lipinski definition) is 0. The molecule has 1 aromatic rings. The van der Waals surface area contributed by atoms with Gasteiger partial charge in [0.15, 0.2) is 5.75 Å². The molecule has 0 aliphatic carbocycles. The highest BCUT2D eigenvalue weighted by molar-refractivity contribution is 8.26. The van der Waals surface area contributed by atoms with Gasteiger partial charge in [-0.2, -0.15) is 0 Å². The fraction of sp³-hybridized carbons (Fsp3) is 0.235. The number of carbonyl (C=O) groups excluding carboxylic acids is 2. The number of nitro benzene ring substituents is 1. The van der Waals surface area contributed by atoms with Crippen LogP contribution in [0.3, 0.4) is 0 Å². The molecule has 0 unspecified atom stereocenters. The van der Waals surface area contributed by atoms with E-state index in [0.29, 0.717) is 4.32 Å². The van der Waals surface area contributed by atoms with E-state index >= 15 is 0 Å². The van der Waals surface area contributed by atoms with Gasteiger partial charge < -0.3 is 9.47 Å². The number of benzene rings is 1. The SMILES string of the molecule is C=CCN1C(=O)/C(=C\c2ccc(OC(C)=O)c(OCC)c2[N+](=O)[O-])SC1=S. The molecule has 142 valence electrons. The topological polar surface area (TPSA) is 99.0 Å². The van der Waals surface area contributed by atoms with Crippen molar-refractivity contribution < 1.29 is 24.0 Å². The van der Waals surface area contributed by atoms with Gasteiger partial charge in [-0.1, -0.05) is 30.1 Å². The first-order valence-electron chi connectivity index (χ1n) is 7.79. The van der Waals surface area contributed by atoms with E-state index in [1.165, 1.54) is 36.1 Å². The van der Waals surface area contributed by atoms with E-state index in [1.807, 2.05) is 0 Å². The highest BCUT2D eigenvalue weighted by Crippen LogP contribution is 2.42. The van der Waals surface area contributed by atoms with Gasteiger partial charge in [-0.25, -0.2) is 0 Å². The highest BCUT2D eigenvalue weighted by atomic mass is 32.2. The summed E-state index contributed by atoms with van der Waals surface area (Å²) in [7, 11) is 0. The lowest BCUT2D eigenvalue weighted by Crippen LogP contribution is -2.27.